The molecule has 1 heterocycles. The van der Waals surface area contributed by atoms with Crippen LogP contribution in [-0.2, 0) is 4.79 Å². The highest BCUT2D eigenvalue weighted by Crippen LogP contribution is 2.32. The van der Waals surface area contributed by atoms with Crippen molar-refractivity contribution in [1.82, 2.24) is 9.97 Å². The molecule has 12 heteroatoms. The van der Waals surface area contributed by atoms with Crippen LogP contribution in [0.3, 0.4) is 0 Å². The Morgan fingerprint density at radius 2 is 1.79 bits per heavy atom. The molecular formula is C26H34N6O6. The van der Waals surface area contributed by atoms with Crippen LogP contribution in [0.1, 0.15) is 30.4 Å². The molecule has 3 aromatic rings. The molecule has 2 aromatic carbocycles. The number of carbonyl (C=O) groups is 1. The molecule has 0 saturated heterocycles. The first-order chi connectivity index (χ1) is 18.0. The zero-order chi connectivity index (χ0) is 28.0. The van der Waals surface area contributed by atoms with Crippen molar-refractivity contribution in [1.29, 1.82) is 0 Å². The lowest BCUT2D eigenvalue weighted by molar-refractivity contribution is -0.144. The normalized spacial score (nSPS) is 12.6. The summed E-state index contributed by atoms with van der Waals surface area (Å²) in [5.74, 6) is 0.696. The lowest BCUT2D eigenvalue weighted by atomic mass is 9.91. The Hall–Kier alpha value is -4.32. The quantitative estimate of drug-likeness (QED) is 0.132. The fourth-order valence-corrected chi connectivity index (χ4v) is 4.22. The van der Waals surface area contributed by atoms with E-state index in [1.165, 1.54) is 14.2 Å². The number of hydrogen-bond acceptors (Lipinski definition) is 8. The van der Waals surface area contributed by atoms with Gasteiger partial charge in [-0.3, -0.25) is 14.6 Å². The number of aromatic amines is 1. The summed E-state index contributed by atoms with van der Waals surface area (Å²) in [6, 6.07) is 6.98. The summed E-state index contributed by atoms with van der Waals surface area (Å²) < 4.78 is 16.6. The number of guanidine groups is 1. The van der Waals surface area contributed by atoms with Crippen LogP contribution in [0.15, 0.2) is 34.1 Å². The van der Waals surface area contributed by atoms with Crippen molar-refractivity contribution >= 4 is 22.8 Å². The summed E-state index contributed by atoms with van der Waals surface area (Å²) in [4.78, 5) is 36.0. The van der Waals surface area contributed by atoms with Crippen LogP contribution in [0.2, 0.25) is 0 Å². The molecule has 3 rings (SSSR count). The number of carboxylic acids is 1. The number of hydrogen-bond donors (Lipinski definition) is 5. The van der Waals surface area contributed by atoms with Gasteiger partial charge in [0, 0.05) is 30.7 Å². The molecule has 0 aliphatic rings. The molecular weight excluding hydrogens is 492 g/mol. The van der Waals surface area contributed by atoms with Crippen LogP contribution < -0.4 is 37.0 Å². The maximum absolute atomic E-state index is 12.9. The Bertz CT molecular complexity index is 1390. The SMILES string of the molecule is COc1cc(OC)c2c(=O)[nH]c(-c3cc(C)c(OCC[C@](N)(CCCN=C(N)N)C(=O)O)c(C)c3)nc2c1. The van der Waals surface area contributed by atoms with E-state index >= 15 is 0 Å². The summed E-state index contributed by atoms with van der Waals surface area (Å²) in [5.41, 5.74) is 17.6. The predicted octanol–water partition coefficient (Wildman–Crippen LogP) is 1.83. The number of rotatable bonds is 12. The van der Waals surface area contributed by atoms with Gasteiger partial charge in [0.2, 0.25) is 0 Å². The highest BCUT2D eigenvalue weighted by Gasteiger charge is 2.33. The number of ether oxygens (including phenoxy) is 3. The second-order valence-corrected chi connectivity index (χ2v) is 9.05. The molecule has 0 unspecified atom stereocenters. The Balaban J connectivity index is 1.82. The number of carboxylic acid groups (broad SMARTS) is 1. The van der Waals surface area contributed by atoms with Crippen molar-refractivity contribution in [3.63, 3.8) is 0 Å². The number of nitrogens with two attached hydrogens (primary N) is 3. The molecule has 0 spiro atoms. The zero-order valence-corrected chi connectivity index (χ0v) is 22.0. The highest BCUT2D eigenvalue weighted by atomic mass is 16.5. The first-order valence-electron chi connectivity index (χ1n) is 12.0. The molecule has 0 aliphatic carbocycles. The number of nitrogens with one attached hydrogen (secondary N) is 1. The van der Waals surface area contributed by atoms with Crippen LogP contribution in [0.4, 0.5) is 0 Å². The van der Waals surface area contributed by atoms with Crippen LogP contribution >= 0.6 is 0 Å². The van der Waals surface area contributed by atoms with Gasteiger partial charge in [0.05, 0.1) is 26.3 Å². The molecule has 0 bridgehead atoms. The van der Waals surface area contributed by atoms with E-state index in [1.54, 1.807) is 12.1 Å². The van der Waals surface area contributed by atoms with Crippen molar-refractivity contribution in [2.24, 2.45) is 22.2 Å². The fraction of sp³-hybridized carbons (Fsp3) is 0.385. The second kappa shape index (κ2) is 11.8. The molecule has 204 valence electrons. The molecule has 1 atom stereocenters. The third kappa shape index (κ3) is 6.32. The number of aryl methyl sites for hydroxylation is 2. The number of fused-ring (bicyclic) bond motifs is 1. The van der Waals surface area contributed by atoms with Crippen molar-refractivity contribution in [2.45, 2.75) is 38.6 Å². The molecule has 1 aromatic heterocycles. The number of methoxy groups -OCH3 is 2. The van der Waals surface area contributed by atoms with E-state index in [1.807, 2.05) is 26.0 Å². The van der Waals surface area contributed by atoms with E-state index in [9.17, 15) is 14.7 Å². The number of aliphatic carboxylic acids is 1. The van der Waals surface area contributed by atoms with Crippen molar-refractivity contribution < 1.29 is 24.1 Å². The first kappa shape index (κ1) is 28.3. The lowest BCUT2D eigenvalue weighted by Crippen LogP contribution is -2.49. The van der Waals surface area contributed by atoms with Crippen molar-refractivity contribution in [3.05, 3.63) is 45.7 Å². The molecule has 0 amide bonds. The molecule has 38 heavy (non-hydrogen) atoms. The van der Waals surface area contributed by atoms with E-state index < -0.39 is 11.5 Å². The minimum absolute atomic E-state index is 0.0527. The van der Waals surface area contributed by atoms with Gasteiger partial charge in [-0.1, -0.05) is 0 Å². The maximum atomic E-state index is 12.9. The third-order valence-corrected chi connectivity index (χ3v) is 6.23. The molecule has 0 aliphatic heterocycles. The Morgan fingerprint density at radius 3 is 2.37 bits per heavy atom. The van der Waals surface area contributed by atoms with Gasteiger partial charge in [-0.25, -0.2) is 4.98 Å². The summed E-state index contributed by atoms with van der Waals surface area (Å²) in [6.45, 7) is 4.11. The molecule has 8 N–H and O–H groups in total. The van der Waals surface area contributed by atoms with Crippen LogP contribution in [0.25, 0.3) is 22.3 Å². The summed E-state index contributed by atoms with van der Waals surface area (Å²) in [7, 11) is 3.00. The van der Waals surface area contributed by atoms with Crippen molar-refractivity contribution in [2.75, 3.05) is 27.4 Å². The Labute approximate surface area is 219 Å². The molecule has 0 saturated carbocycles. The van der Waals surface area contributed by atoms with E-state index in [0.717, 1.165) is 11.1 Å². The molecule has 0 radical (unpaired) electrons. The van der Waals surface area contributed by atoms with Gasteiger partial charge in [-0.05, 0) is 49.9 Å². The highest BCUT2D eigenvalue weighted by molar-refractivity contribution is 5.87. The average molecular weight is 527 g/mol. The standard InChI is InChI=1S/C26H34N6O6/c1-14-10-16(22-31-18-12-17(36-3)13-19(37-4)20(18)23(33)32-22)11-15(2)21(14)38-9-7-26(29,24(34)35)6-5-8-30-25(27)28/h10-13H,5-9,29H2,1-4H3,(H,34,35)(H4,27,28,30)(H,31,32,33)/t26-/m1/s1. The number of H-pyrrole nitrogens is 1. The fourth-order valence-electron chi connectivity index (χ4n) is 4.22. The number of aliphatic imine (C=N–C) groups is 1. The van der Waals surface area contributed by atoms with E-state index in [4.69, 9.17) is 31.4 Å². The van der Waals surface area contributed by atoms with Gasteiger partial charge in [-0.2, -0.15) is 0 Å². The third-order valence-electron chi connectivity index (χ3n) is 6.23. The monoisotopic (exact) mass is 526 g/mol. The van der Waals surface area contributed by atoms with Gasteiger partial charge in [0.25, 0.3) is 5.56 Å². The Kier molecular flexibility index (Phi) is 8.79. The van der Waals surface area contributed by atoms with E-state index in [-0.39, 0.29) is 31.0 Å². The molecule has 12 nitrogen and oxygen atoms in total. The van der Waals surface area contributed by atoms with Crippen LogP contribution in [0.5, 0.6) is 17.2 Å². The first-order valence-corrected chi connectivity index (χ1v) is 12.0. The minimum atomic E-state index is -1.47. The lowest BCUT2D eigenvalue weighted by Gasteiger charge is -2.25. The largest absolute Gasteiger partial charge is 0.497 e. The van der Waals surface area contributed by atoms with Crippen LogP contribution in [-0.4, -0.2) is 59.9 Å². The van der Waals surface area contributed by atoms with E-state index in [2.05, 4.69) is 15.0 Å². The zero-order valence-electron chi connectivity index (χ0n) is 22.0. The van der Waals surface area contributed by atoms with Gasteiger partial charge in [-0.15, -0.1) is 0 Å². The number of nitrogens with zero attached hydrogens (tertiary/aromatic N) is 2. The predicted molar refractivity (Wildman–Crippen MR) is 145 cm³/mol. The average Bonchev–Trinajstić information content (AvgIpc) is 2.86. The van der Waals surface area contributed by atoms with Gasteiger partial charge < -0.3 is 41.5 Å². The van der Waals surface area contributed by atoms with E-state index in [0.29, 0.717) is 52.5 Å². The summed E-state index contributed by atoms with van der Waals surface area (Å²) in [5, 5.41) is 9.98. The van der Waals surface area contributed by atoms with Crippen LogP contribution in [0, 0.1) is 13.8 Å². The topological polar surface area (TPSA) is 201 Å². The minimum Gasteiger partial charge on any atom is -0.497 e. The maximum Gasteiger partial charge on any atom is 0.323 e. The summed E-state index contributed by atoms with van der Waals surface area (Å²) >= 11 is 0. The van der Waals surface area contributed by atoms with Gasteiger partial charge >= 0.3 is 5.97 Å². The number of aromatic nitrogens is 2. The smallest absolute Gasteiger partial charge is 0.323 e. The van der Waals surface area contributed by atoms with Gasteiger partial charge in [0.1, 0.15) is 34.0 Å². The number of benzene rings is 2. The molecule has 0 fully saturated rings. The van der Waals surface area contributed by atoms with Gasteiger partial charge in [0.15, 0.2) is 5.96 Å². The Morgan fingerprint density at radius 1 is 1.11 bits per heavy atom. The second-order valence-electron chi connectivity index (χ2n) is 9.05. The summed E-state index contributed by atoms with van der Waals surface area (Å²) in [6.07, 6.45) is 0.701. The van der Waals surface area contributed by atoms with Crippen molar-refractivity contribution in [3.8, 4) is 28.6 Å².